The minimum atomic E-state index is -0.510. The molecule has 0 atom stereocenters. The Balaban J connectivity index is 2.12. The summed E-state index contributed by atoms with van der Waals surface area (Å²) in [5.74, 6) is -0.748. The van der Waals surface area contributed by atoms with Crippen molar-refractivity contribution in [1.82, 2.24) is 4.98 Å². The highest BCUT2D eigenvalue weighted by molar-refractivity contribution is 6.04. The van der Waals surface area contributed by atoms with Crippen LogP contribution in [0.25, 0.3) is 22.3 Å². The SMILES string of the molecule is O=C1OCCCC(=O)c2nc3ccccc3[n+]([O-])c2-c2ccccc21. The molecule has 4 rings (SSSR count). The first-order valence-electron chi connectivity index (χ1n) is 7.99. The summed E-state index contributed by atoms with van der Waals surface area (Å²) in [7, 11) is 0. The Bertz CT molecular complexity index is 1010. The highest BCUT2D eigenvalue weighted by atomic mass is 16.5. The van der Waals surface area contributed by atoms with Crippen molar-refractivity contribution in [3.63, 3.8) is 0 Å². The Morgan fingerprint density at radius 1 is 1.00 bits per heavy atom. The van der Waals surface area contributed by atoms with E-state index in [-0.39, 0.29) is 35.8 Å². The molecule has 124 valence electrons. The molecule has 1 aliphatic heterocycles. The van der Waals surface area contributed by atoms with Crippen molar-refractivity contribution in [3.8, 4) is 11.3 Å². The molecule has 6 nitrogen and oxygen atoms in total. The van der Waals surface area contributed by atoms with Crippen LogP contribution in [0.15, 0.2) is 48.5 Å². The second-order valence-corrected chi connectivity index (χ2v) is 5.80. The van der Waals surface area contributed by atoms with Crippen LogP contribution in [0.4, 0.5) is 0 Å². The zero-order valence-corrected chi connectivity index (χ0v) is 13.3. The third-order valence-corrected chi connectivity index (χ3v) is 4.21. The maximum atomic E-state index is 13.0. The summed E-state index contributed by atoms with van der Waals surface area (Å²) in [5, 5.41) is 13.0. The van der Waals surface area contributed by atoms with Crippen molar-refractivity contribution in [3.05, 3.63) is 65.0 Å². The summed E-state index contributed by atoms with van der Waals surface area (Å²) in [6.45, 7) is 0.152. The van der Waals surface area contributed by atoms with Crippen molar-refractivity contribution >= 4 is 22.8 Å². The number of carbonyl (C=O) groups excluding carboxylic acids is 2. The van der Waals surface area contributed by atoms with Gasteiger partial charge in [0.1, 0.15) is 5.52 Å². The van der Waals surface area contributed by atoms with Crippen molar-refractivity contribution in [2.24, 2.45) is 0 Å². The first kappa shape index (κ1) is 15.3. The molecule has 3 aromatic rings. The third-order valence-electron chi connectivity index (χ3n) is 4.21. The minimum Gasteiger partial charge on any atom is -0.618 e. The number of hydrogen-bond donors (Lipinski definition) is 0. The van der Waals surface area contributed by atoms with Gasteiger partial charge in [0.15, 0.2) is 11.5 Å². The highest BCUT2D eigenvalue weighted by Gasteiger charge is 2.30. The predicted octanol–water partition coefficient (Wildman–Crippen LogP) is 2.67. The standard InChI is InChI=1S/C19H14N2O4/c22-16-10-5-11-25-19(23)13-7-2-1-6-12(13)18-17(16)20-14-8-3-4-9-15(14)21(18)24/h1-4,6-9H,5,10-11H2. The van der Waals surface area contributed by atoms with Crippen LogP contribution in [-0.4, -0.2) is 23.3 Å². The van der Waals surface area contributed by atoms with E-state index in [9.17, 15) is 14.8 Å². The van der Waals surface area contributed by atoms with E-state index < -0.39 is 5.97 Å². The molecule has 0 amide bonds. The number of benzene rings is 2. The minimum absolute atomic E-state index is 0.0934. The molecule has 0 unspecified atom stereocenters. The average Bonchev–Trinajstić information content (AvgIpc) is 2.64. The third kappa shape index (κ3) is 2.52. The van der Waals surface area contributed by atoms with Crippen LogP contribution in [0, 0.1) is 5.21 Å². The number of rotatable bonds is 0. The maximum absolute atomic E-state index is 13.0. The van der Waals surface area contributed by atoms with E-state index in [0.29, 0.717) is 27.7 Å². The molecule has 0 saturated heterocycles. The summed E-state index contributed by atoms with van der Waals surface area (Å²) in [4.78, 5) is 29.4. The lowest BCUT2D eigenvalue weighted by molar-refractivity contribution is -0.565. The second kappa shape index (κ2) is 5.98. The van der Waals surface area contributed by atoms with Crippen LogP contribution in [-0.2, 0) is 4.74 Å². The predicted molar refractivity (Wildman–Crippen MR) is 90.0 cm³/mol. The fourth-order valence-corrected chi connectivity index (χ4v) is 3.01. The number of nitrogens with zero attached hydrogens (tertiary/aromatic N) is 2. The lowest BCUT2D eigenvalue weighted by Gasteiger charge is -2.15. The molecule has 0 N–H and O–H groups in total. The van der Waals surface area contributed by atoms with Crippen molar-refractivity contribution in [2.75, 3.05) is 6.61 Å². The molecule has 0 radical (unpaired) electrons. The number of ketones is 1. The topological polar surface area (TPSA) is 83.2 Å². The highest BCUT2D eigenvalue weighted by Crippen LogP contribution is 2.27. The van der Waals surface area contributed by atoms with Gasteiger partial charge >= 0.3 is 5.97 Å². The quantitative estimate of drug-likeness (QED) is 0.358. The Kier molecular flexibility index (Phi) is 3.65. The van der Waals surface area contributed by atoms with Gasteiger partial charge in [0.05, 0.1) is 17.7 Å². The van der Waals surface area contributed by atoms with E-state index in [1.807, 2.05) is 0 Å². The van der Waals surface area contributed by atoms with Crippen molar-refractivity contribution < 1.29 is 19.1 Å². The molecular weight excluding hydrogens is 320 g/mol. The fourth-order valence-electron chi connectivity index (χ4n) is 3.01. The first-order valence-corrected chi connectivity index (χ1v) is 7.99. The summed E-state index contributed by atoms with van der Waals surface area (Å²) >= 11 is 0. The first-order chi connectivity index (χ1) is 12.2. The monoisotopic (exact) mass is 334 g/mol. The largest absolute Gasteiger partial charge is 0.618 e. The number of carbonyl (C=O) groups is 2. The molecule has 1 aromatic heterocycles. The van der Waals surface area contributed by atoms with Gasteiger partial charge in [0, 0.05) is 12.5 Å². The Morgan fingerprint density at radius 3 is 2.56 bits per heavy atom. The van der Waals surface area contributed by atoms with E-state index in [0.717, 1.165) is 0 Å². The van der Waals surface area contributed by atoms with E-state index in [2.05, 4.69) is 4.98 Å². The fraction of sp³-hybridized carbons (Fsp3) is 0.158. The number of ether oxygens (including phenoxy) is 1. The van der Waals surface area contributed by atoms with Crippen LogP contribution < -0.4 is 4.73 Å². The van der Waals surface area contributed by atoms with Gasteiger partial charge in [-0.2, -0.15) is 4.73 Å². The Hall–Kier alpha value is -3.28. The summed E-state index contributed by atoms with van der Waals surface area (Å²) in [6, 6.07) is 13.4. The molecule has 0 spiro atoms. The number of aromatic nitrogens is 2. The smallest absolute Gasteiger partial charge is 0.338 e. The zero-order valence-electron chi connectivity index (χ0n) is 13.3. The van der Waals surface area contributed by atoms with E-state index >= 15 is 0 Å². The Labute approximate surface area is 143 Å². The van der Waals surface area contributed by atoms with Crippen molar-refractivity contribution in [1.29, 1.82) is 0 Å². The number of fused-ring (bicyclic) bond motifs is 4. The molecule has 2 aromatic carbocycles. The van der Waals surface area contributed by atoms with Gasteiger partial charge in [0.25, 0.3) is 5.69 Å². The van der Waals surface area contributed by atoms with Gasteiger partial charge in [-0.3, -0.25) is 4.79 Å². The van der Waals surface area contributed by atoms with E-state index in [1.165, 1.54) is 0 Å². The van der Waals surface area contributed by atoms with Gasteiger partial charge in [0.2, 0.25) is 5.52 Å². The van der Waals surface area contributed by atoms with Gasteiger partial charge < -0.3 is 9.94 Å². The number of cyclic esters (lactones) is 1. The normalized spacial score (nSPS) is 14.6. The van der Waals surface area contributed by atoms with Crippen LogP contribution in [0.2, 0.25) is 0 Å². The molecule has 6 heteroatoms. The molecule has 0 aliphatic carbocycles. The van der Waals surface area contributed by atoms with Crippen LogP contribution in [0.3, 0.4) is 0 Å². The summed E-state index contributed by atoms with van der Waals surface area (Å²) in [6.07, 6.45) is 0.549. The van der Waals surface area contributed by atoms with Gasteiger partial charge in [-0.1, -0.05) is 24.3 Å². The lowest BCUT2D eigenvalue weighted by atomic mass is 9.99. The van der Waals surface area contributed by atoms with Gasteiger partial charge in [-0.15, -0.1) is 0 Å². The molecule has 2 heterocycles. The number of esters is 1. The molecule has 0 saturated carbocycles. The molecule has 25 heavy (non-hydrogen) atoms. The number of para-hydroxylation sites is 2. The van der Waals surface area contributed by atoms with Crippen LogP contribution in [0.5, 0.6) is 0 Å². The molecule has 0 fully saturated rings. The lowest BCUT2D eigenvalue weighted by Crippen LogP contribution is -2.34. The zero-order chi connectivity index (χ0) is 17.4. The maximum Gasteiger partial charge on any atom is 0.338 e. The van der Waals surface area contributed by atoms with E-state index in [4.69, 9.17) is 4.74 Å². The molecule has 1 aliphatic rings. The van der Waals surface area contributed by atoms with Gasteiger partial charge in [-0.25, -0.2) is 9.78 Å². The molecular formula is C19H14N2O4. The average molecular weight is 334 g/mol. The van der Waals surface area contributed by atoms with E-state index in [1.54, 1.807) is 48.5 Å². The molecule has 0 bridgehead atoms. The summed E-state index contributed by atoms with van der Waals surface area (Å²) < 4.78 is 5.90. The van der Waals surface area contributed by atoms with Crippen molar-refractivity contribution in [2.45, 2.75) is 12.8 Å². The van der Waals surface area contributed by atoms with Crippen LogP contribution in [0.1, 0.15) is 33.7 Å². The number of Topliss-reactive ketones (excluding diaryl/α,β-unsaturated/α-hetero) is 1. The second-order valence-electron chi connectivity index (χ2n) is 5.80. The summed E-state index contributed by atoms with van der Waals surface area (Å²) in [5.41, 5.74) is 1.58. The Morgan fingerprint density at radius 2 is 1.72 bits per heavy atom. The van der Waals surface area contributed by atoms with Crippen LogP contribution >= 0.6 is 0 Å². The van der Waals surface area contributed by atoms with Gasteiger partial charge in [-0.05, 0) is 24.6 Å². The number of hydrogen-bond acceptors (Lipinski definition) is 5.